The number of para-hydroxylation sites is 1. The van der Waals surface area contributed by atoms with E-state index in [1.165, 1.54) is 4.31 Å². The van der Waals surface area contributed by atoms with Gasteiger partial charge in [-0.15, -0.1) is 0 Å². The van der Waals surface area contributed by atoms with Crippen LogP contribution in [-0.4, -0.2) is 33.2 Å². The smallest absolute Gasteiger partial charge is 0.250 e. The summed E-state index contributed by atoms with van der Waals surface area (Å²) >= 11 is 6.12. The molecule has 0 aromatic heterocycles. The minimum atomic E-state index is -3.69. The standard InChI is InChI=1S/C20H23ClN2O3S/c1-4-17(20(24)22-12-11-15-7-5-6-8-18(15)22)23(27(3,25)26)19-13-16(21)10-9-14(19)2/h5-10,13,17H,4,11-12H2,1-3H3/t17-/m0/s1. The lowest BCUT2D eigenvalue weighted by molar-refractivity contribution is -0.119. The highest BCUT2D eigenvalue weighted by Crippen LogP contribution is 2.33. The normalized spacial score (nSPS) is 14.7. The maximum atomic E-state index is 13.4. The SMILES string of the molecule is CC[C@@H](C(=O)N1CCc2ccccc21)N(c1cc(Cl)ccc1C)S(C)(=O)=O. The predicted octanol–water partition coefficient (Wildman–Crippen LogP) is 3.78. The number of sulfonamides is 1. The molecule has 0 unspecified atom stereocenters. The maximum absolute atomic E-state index is 13.4. The van der Waals surface area contributed by atoms with Crippen molar-refractivity contribution in [2.45, 2.75) is 32.7 Å². The summed E-state index contributed by atoms with van der Waals surface area (Å²) in [5.74, 6) is -0.216. The fourth-order valence-electron chi connectivity index (χ4n) is 3.59. The van der Waals surface area contributed by atoms with Crippen molar-refractivity contribution in [1.82, 2.24) is 0 Å². The molecule has 144 valence electrons. The van der Waals surface area contributed by atoms with Gasteiger partial charge in [-0.2, -0.15) is 0 Å². The number of amides is 1. The number of hydrogen-bond acceptors (Lipinski definition) is 3. The summed E-state index contributed by atoms with van der Waals surface area (Å²) in [6, 6.07) is 12.0. The molecule has 1 atom stereocenters. The van der Waals surface area contributed by atoms with Gasteiger partial charge in [0.1, 0.15) is 6.04 Å². The highest BCUT2D eigenvalue weighted by atomic mass is 35.5. The second-order valence-electron chi connectivity index (χ2n) is 6.78. The zero-order valence-corrected chi connectivity index (χ0v) is 17.2. The molecule has 0 fully saturated rings. The van der Waals surface area contributed by atoms with Crippen LogP contribution in [0.3, 0.4) is 0 Å². The molecule has 0 saturated carbocycles. The first-order valence-corrected chi connectivity index (χ1v) is 11.1. The monoisotopic (exact) mass is 406 g/mol. The topological polar surface area (TPSA) is 57.7 Å². The lowest BCUT2D eigenvalue weighted by atomic mass is 10.1. The Balaban J connectivity index is 2.05. The molecule has 5 nitrogen and oxygen atoms in total. The van der Waals surface area contributed by atoms with E-state index < -0.39 is 16.1 Å². The molecule has 0 spiro atoms. The van der Waals surface area contributed by atoms with E-state index >= 15 is 0 Å². The quantitative estimate of drug-likeness (QED) is 0.759. The Morgan fingerprint density at radius 3 is 2.63 bits per heavy atom. The summed E-state index contributed by atoms with van der Waals surface area (Å²) in [5.41, 5.74) is 3.15. The van der Waals surface area contributed by atoms with E-state index in [1.54, 1.807) is 23.1 Å². The molecule has 2 aromatic carbocycles. The highest BCUT2D eigenvalue weighted by molar-refractivity contribution is 7.92. The van der Waals surface area contributed by atoms with Crippen molar-refractivity contribution >= 4 is 38.9 Å². The number of fused-ring (bicyclic) bond motifs is 1. The predicted molar refractivity (Wildman–Crippen MR) is 110 cm³/mol. The molecular weight excluding hydrogens is 384 g/mol. The Hall–Kier alpha value is -2.05. The first-order valence-electron chi connectivity index (χ1n) is 8.89. The van der Waals surface area contributed by atoms with Crippen LogP contribution in [0.1, 0.15) is 24.5 Å². The van der Waals surface area contributed by atoms with Crippen molar-refractivity contribution in [2.24, 2.45) is 0 Å². The Bertz CT molecular complexity index is 975. The van der Waals surface area contributed by atoms with Crippen molar-refractivity contribution in [2.75, 3.05) is 22.0 Å². The number of hydrogen-bond donors (Lipinski definition) is 0. The molecule has 1 aliphatic rings. The van der Waals surface area contributed by atoms with Gasteiger partial charge in [-0.05, 0) is 49.1 Å². The van der Waals surface area contributed by atoms with Crippen molar-refractivity contribution in [1.29, 1.82) is 0 Å². The van der Waals surface area contributed by atoms with Crippen LogP contribution in [0.15, 0.2) is 42.5 Å². The summed E-state index contributed by atoms with van der Waals surface area (Å²) in [5, 5.41) is 0.429. The molecule has 7 heteroatoms. The number of carbonyl (C=O) groups excluding carboxylic acids is 1. The molecule has 2 aromatic rings. The number of carbonyl (C=O) groups is 1. The summed E-state index contributed by atoms with van der Waals surface area (Å²) in [7, 11) is -3.69. The third-order valence-electron chi connectivity index (χ3n) is 4.87. The van der Waals surface area contributed by atoms with Crippen LogP contribution in [0.25, 0.3) is 0 Å². The van der Waals surface area contributed by atoms with Gasteiger partial charge in [-0.25, -0.2) is 8.42 Å². The molecule has 0 N–H and O–H groups in total. The number of halogens is 1. The van der Waals surface area contributed by atoms with Gasteiger partial charge in [0.15, 0.2) is 0 Å². The molecule has 0 aliphatic carbocycles. The fraction of sp³-hybridized carbons (Fsp3) is 0.350. The molecule has 0 bridgehead atoms. The van der Waals surface area contributed by atoms with E-state index in [9.17, 15) is 13.2 Å². The van der Waals surface area contributed by atoms with Gasteiger partial charge in [-0.3, -0.25) is 9.10 Å². The molecule has 0 radical (unpaired) electrons. The van der Waals surface area contributed by atoms with E-state index in [4.69, 9.17) is 11.6 Å². The van der Waals surface area contributed by atoms with Crippen LogP contribution in [-0.2, 0) is 21.2 Å². The van der Waals surface area contributed by atoms with Gasteiger partial charge in [0.05, 0.1) is 11.9 Å². The van der Waals surface area contributed by atoms with E-state index in [0.29, 0.717) is 23.7 Å². The minimum Gasteiger partial charge on any atom is -0.310 e. The van der Waals surface area contributed by atoms with Crippen molar-refractivity contribution < 1.29 is 13.2 Å². The Labute approximate surface area is 165 Å². The largest absolute Gasteiger partial charge is 0.310 e. The fourth-order valence-corrected chi connectivity index (χ4v) is 5.01. The zero-order chi connectivity index (χ0) is 19.8. The van der Waals surface area contributed by atoms with Gasteiger partial charge in [0.25, 0.3) is 5.91 Å². The molecular formula is C20H23ClN2O3S. The summed E-state index contributed by atoms with van der Waals surface area (Å²) < 4.78 is 26.6. The second kappa shape index (κ2) is 7.52. The van der Waals surface area contributed by atoms with Crippen LogP contribution in [0.4, 0.5) is 11.4 Å². The molecule has 27 heavy (non-hydrogen) atoms. The minimum absolute atomic E-state index is 0.216. The van der Waals surface area contributed by atoms with Crippen LogP contribution in [0.5, 0.6) is 0 Å². The maximum Gasteiger partial charge on any atom is 0.250 e. The van der Waals surface area contributed by atoms with Gasteiger partial charge in [0, 0.05) is 17.3 Å². The summed E-state index contributed by atoms with van der Waals surface area (Å²) in [6.45, 7) is 4.19. The lowest BCUT2D eigenvalue weighted by Gasteiger charge is -2.34. The number of nitrogens with zero attached hydrogens (tertiary/aromatic N) is 2. The van der Waals surface area contributed by atoms with Crippen LogP contribution >= 0.6 is 11.6 Å². The van der Waals surface area contributed by atoms with E-state index in [2.05, 4.69) is 0 Å². The second-order valence-corrected chi connectivity index (χ2v) is 9.08. The van der Waals surface area contributed by atoms with Gasteiger partial charge >= 0.3 is 0 Å². The molecule has 1 amide bonds. The highest BCUT2D eigenvalue weighted by Gasteiger charge is 2.37. The first kappa shape index (κ1) is 19.7. The molecule has 1 heterocycles. The van der Waals surface area contributed by atoms with Crippen molar-refractivity contribution in [3.05, 3.63) is 58.6 Å². The van der Waals surface area contributed by atoms with Crippen LogP contribution in [0, 0.1) is 6.92 Å². The zero-order valence-electron chi connectivity index (χ0n) is 15.6. The molecule has 3 rings (SSSR count). The van der Waals surface area contributed by atoms with Gasteiger partial charge in [-0.1, -0.05) is 42.8 Å². The van der Waals surface area contributed by atoms with E-state index in [-0.39, 0.29) is 5.91 Å². The van der Waals surface area contributed by atoms with Crippen LogP contribution in [0.2, 0.25) is 5.02 Å². The Morgan fingerprint density at radius 2 is 1.96 bits per heavy atom. The van der Waals surface area contributed by atoms with Gasteiger partial charge < -0.3 is 4.90 Å². The average molecular weight is 407 g/mol. The Morgan fingerprint density at radius 1 is 1.26 bits per heavy atom. The number of benzene rings is 2. The molecule has 0 saturated heterocycles. The third-order valence-corrected chi connectivity index (χ3v) is 6.27. The summed E-state index contributed by atoms with van der Waals surface area (Å²) in [4.78, 5) is 15.1. The lowest BCUT2D eigenvalue weighted by Crippen LogP contribution is -2.50. The first-order chi connectivity index (χ1) is 12.7. The van der Waals surface area contributed by atoms with E-state index in [1.807, 2.05) is 38.1 Å². The van der Waals surface area contributed by atoms with Gasteiger partial charge in [0.2, 0.25) is 10.0 Å². The third kappa shape index (κ3) is 3.82. The molecule has 1 aliphatic heterocycles. The van der Waals surface area contributed by atoms with Crippen molar-refractivity contribution in [3.8, 4) is 0 Å². The van der Waals surface area contributed by atoms with Crippen molar-refractivity contribution in [3.63, 3.8) is 0 Å². The number of anilines is 2. The van der Waals surface area contributed by atoms with Crippen LogP contribution < -0.4 is 9.21 Å². The number of aryl methyl sites for hydroxylation is 1. The number of rotatable bonds is 5. The van der Waals surface area contributed by atoms with E-state index in [0.717, 1.165) is 29.5 Å². The Kier molecular flexibility index (Phi) is 5.49. The summed E-state index contributed by atoms with van der Waals surface area (Å²) in [6.07, 6.45) is 2.26. The average Bonchev–Trinajstić information content (AvgIpc) is 3.04.